The van der Waals surface area contributed by atoms with E-state index in [2.05, 4.69) is 0 Å². The van der Waals surface area contributed by atoms with E-state index in [4.69, 9.17) is 14.2 Å². The molecule has 1 aliphatic heterocycles. The second-order valence-corrected chi connectivity index (χ2v) is 8.59. The normalized spacial score (nSPS) is 14.1. The highest BCUT2D eigenvalue weighted by Gasteiger charge is 2.34. The zero-order valence-corrected chi connectivity index (χ0v) is 20.3. The number of amides is 2. The van der Waals surface area contributed by atoms with Gasteiger partial charge in [-0.05, 0) is 59.8 Å². The van der Waals surface area contributed by atoms with E-state index < -0.39 is 22.0 Å². The van der Waals surface area contributed by atoms with E-state index in [1.54, 1.807) is 30.3 Å². The van der Waals surface area contributed by atoms with Gasteiger partial charge in [-0.15, -0.1) is 0 Å². The van der Waals surface area contributed by atoms with Gasteiger partial charge in [0.25, 0.3) is 16.8 Å². The summed E-state index contributed by atoms with van der Waals surface area (Å²) in [5.74, 6) is -0.167. The molecule has 0 radical (unpaired) electrons. The second-order valence-electron chi connectivity index (χ2n) is 7.60. The number of ether oxygens (including phenoxy) is 3. The summed E-state index contributed by atoms with van der Waals surface area (Å²) in [5, 5.41) is 10.4. The molecule has 0 N–H and O–H groups in total. The number of nitrogens with zero attached hydrogens (tertiary/aromatic N) is 2. The monoisotopic (exact) mass is 520 g/mol. The molecule has 0 aromatic heterocycles. The van der Waals surface area contributed by atoms with Crippen molar-refractivity contribution < 1.29 is 33.5 Å². The first-order valence-corrected chi connectivity index (χ1v) is 11.8. The zero-order valence-electron chi connectivity index (χ0n) is 19.5. The molecule has 188 valence electrons. The van der Waals surface area contributed by atoms with E-state index in [0.717, 1.165) is 16.7 Å². The van der Waals surface area contributed by atoms with Gasteiger partial charge in [-0.1, -0.05) is 24.3 Å². The minimum atomic E-state index is -0.722. The van der Waals surface area contributed by atoms with Crippen LogP contribution in [0.4, 0.5) is 10.5 Å². The number of hydrogen-bond donors (Lipinski definition) is 0. The van der Waals surface area contributed by atoms with Crippen LogP contribution in [-0.4, -0.2) is 47.2 Å². The van der Waals surface area contributed by atoms with Gasteiger partial charge in [-0.2, -0.15) is 0 Å². The van der Waals surface area contributed by atoms with Crippen LogP contribution in [0.3, 0.4) is 0 Å². The summed E-state index contributed by atoms with van der Waals surface area (Å²) in [6, 6.07) is 18.7. The molecule has 1 aliphatic rings. The van der Waals surface area contributed by atoms with Crippen LogP contribution >= 0.6 is 11.8 Å². The first kappa shape index (κ1) is 25.5. The Kier molecular flexibility index (Phi) is 7.84. The van der Waals surface area contributed by atoms with Gasteiger partial charge in [0.05, 0.1) is 29.0 Å². The molecule has 37 heavy (non-hydrogen) atoms. The predicted octanol–water partition coefficient (Wildman–Crippen LogP) is 4.94. The molecule has 0 atom stereocenters. The molecule has 10 nitrogen and oxygen atoms in total. The number of nitro benzene ring substituents is 1. The quantitative estimate of drug-likeness (QED) is 0.127. The molecule has 0 bridgehead atoms. The number of rotatable bonds is 9. The van der Waals surface area contributed by atoms with Gasteiger partial charge in [0.15, 0.2) is 11.5 Å². The molecule has 3 aromatic carbocycles. The third-order valence-corrected chi connectivity index (χ3v) is 6.11. The van der Waals surface area contributed by atoms with Crippen LogP contribution in [0, 0.1) is 10.1 Å². The van der Waals surface area contributed by atoms with Crippen molar-refractivity contribution in [2.45, 2.75) is 0 Å². The number of esters is 1. The fraction of sp³-hybridized carbons (Fsp3) is 0.115. The number of para-hydroxylation sites is 1. The molecule has 11 heteroatoms. The van der Waals surface area contributed by atoms with E-state index in [1.165, 1.54) is 37.4 Å². The molecular formula is C26H20N2O8S. The molecule has 1 fully saturated rings. The summed E-state index contributed by atoms with van der Waals surface area (Å²) in [6.45, 7) is 0.274. The summed E-state index contributed by atoms with van der Waals surface area (Å²) in [7, 11) is 1.39. The lowest BCUT2D eigenvalue weighted by atomic mass is 10.1. The van der Waals surface area contributed by atoms with E-state index in [-0.39, 0.29) is 40.8 Å². The van der Waals surface area contributed by atoms with Crippen LogP contribution in [0.1, 0.15) is 15.9 Å². The number of benzene rings is 3. The van der Waals surface area contributed by atoms with E-state index in [1.807, 2.05) is 18.2 Å². The first-order valence-electron chi connectivity index (χ1n) is 10.9. The molecule has 1 heterocycles. The summed E-state index contributed by atoms with van der Waals surface area (Å²) < 4.78 is 16.3. The smallest absolute Gasteiger partial charge is 0.343 e. The lowest BCUT2D eigenvalue weighted by molar-refractivity contribution is -0.384. The van der Waals surface area contributed by atoms with Crippen LogP contribution in [-0.2, 0) is 4.79 Å². The minimum Gasteiger partial charge on any atom is -0.493 e. The second kappa shape index (κ2) is 11.4. The van der Waals surface area contributed by atoms with Crippen LogP contribution in [0.2, 0.25) is 0 Å². The lowest BCUT2D eigenvalue weighted by Gasteiger charge is -2.13. The largest absolute Gasteiger partial charge is 0.493 e. The van der Waals surface area contributed by atoms with Gasteiger partial charge in [0.2, 0.25) is 0 Å². The number of imide groups is 1. The molecule has 0 saturated carbocycles. The van der Waals surface area contributed by atoms with Gasteiger partial charge in [0.1, 0.15) is 12.4 Å². The standard InChI is InChI=1S/C26H20N2O8S/c1-34-22-15-17(7-12-21(22)36-25(30)18-8-10-19(11-9-18)28(32)33)16-23-24(29)27(26(31)37-23)13-14-35-20-5-3-2-4-6-20/h2-12,15-16H,13-14H2,1H3/b23-16-. The van der Waals surface area contributed by atoms with Crippen molar-refractivity contribution in [1.29, 1.82) is 0 Å². The van der Waals surface area contributed by atoms with Crippen LogP contribution in [0.25, 0.3) is 6.08 Å². The van der Waals surface area contributed by atoms with Crippen molar-refractivity contribution in [3.63, 3.8) is 0 Å². The van der Waals surface area contributed by atoms with Crippen molar-refractivity contribution in [2.75, 3.05) is 20.3 Å². The first-order chi connectivity index (χ1) is 17.9. The fourth-order valence-corrected chi connectivity index (χ4v) is 4.22. The summed E-state index contributed by atoms with van der Waals surface area (Å²) in [6.07, 6.45) is 1.55. The zero-order chi connectivity index (χ0) is 26.4. The third kappa shape index (κ3) is 6.14. The number of thioether (sulfide) groups is 1. The number of nitro groups is 1. The highest BCUT2D eigenvalue weighted by Crippen LogP contribution is 2.34. The molecule has 1 saturated heterocycles. The van der Waals surface area contributed by atoms with Crippen LogP contribution in [0.5, 0.6) is 17.2 Å². The van der Waals surface area contributed by atoms with Gasteiger partial charge in [0, 0.05) is 12.1 Å². The van der Waals surface area contributed by atoms with Crippen molar-refractivity contribution in [1.82, 2.24) is 4.90 Å². The van der Waals surface area contributed by atoms with Crippen molar-refractivity contribution in [3.8, 4) is 17.2 Å². The van der Waals surface area contributed by atoms with Crippen LogP contribution in [0.15, 0.2) is 77.7 Å². The van der Waals surface area contributed by atoms with E-state index in [9.17, 15) is 24.5 Å². The van der Waals surface area contributed by atoms with E-state index >= 15 is 0 Å². The highest BCUT2D eigenvalue weighted by molar-refractivity contribution is 8.18. The topological polar surface area (TPSA) is 125 Å². The van der Waals surface area contributed by atoms with Gasteiger partial charge >= 0.3 is 5.97 Å². The van der Waals surface area contributed by atoms with E-state index in [0.29, 0.717) is 11.3 Å². The molecule has 0 unspecified atom stereocenters. The average Bonchev–Trinajstić information content (AvgIpc) is 3.17. The highest BCUT2D eigenvalue weighted by atomic mass is 32.2. The molecule has 0 aliphatic carbocycles. The van der Waals surface area contributed by atoms with Crippen molar-refractivity contribution in [2.24, 2.45) is 0 Å². The van der Waals surface area contributed by atoms with Crippen LogP contribution < -0.4 is 14.2 Å². The molecule has 0 spiro atoms. The summed E-state index contributed by atoms with van der Waals surface area (Å²) in [4.78, 5) is 49.2. The van der Waals surface area contributed by atoms with Gasteiger partial charge in [-0.3, -0.25) is 24.6 Å². The Morgan fingerprint density at radius 2 is 1.76 bits per heavy atom. The number of methoxy groups -OCH3 is 1. The Morgan fingerprint density at radius 3 is 2.43 bits per heavy atom. The van der Waals surface area contributed by atoms with Gasteiger partial charge in [-0.25, -0.2) is 4.79 Å². The molecular weight excluding hydrogens is 500 g/mol. The fourth-order valence-electron chi connectivity index (χ4n) is 3.35. The summed E-state index contributed by atoms with van der Waals surface area (Å²) >= 11 is 0.820. The SMILES string of the molecule is COc1cc(/C=C2\SC(=O)N(CCOc3ccccc3)C2=O)ccc1OC(=O)c1ccc([N+](=O)[O-])cc1. The predicted molar refractivity (Wildman–Crippen MR) is 136 cm³/mol. The van der Waals surface area contributed by atoms with Crippen molar-refractivity contribution in [3.05, 3.63) is 98.9 Å². The Morgan fingerprint density at radius 1 is 1.03 bits per heavy atom. The average molecular weight is 521 g/mol. The molecule has 4 rings (SSSR count). The molecule has 2 amide bonds. The Hall–Kier alpha value is -4.64. The number of carbonyl (C=O) groups is 3. The maximum atomic E-state index is 12.8. The Balaban J connectivity index is 1.42. The Labute approximate surface area is 215 Å². The third-order valence-electron chi connectivity index (χ3n) is 5.20. The molecule has 3 aromatic rings. The number of hydrogen-bond acceptors (Lipinski definition) is 9. The minimum absolute atomic E-state index is 0.109. The number of carbonyl (C=O) groups excluding carboxylic acids is 3. The lowest BCUT2D eigenvalue weighted by Crippen LogP contribution is -2.32. The van der Waals surface area contributed by atoms with Crippen molar-refractivity contribution >= 4 is 40.6 Å². The maximum absolute atomic E-state index is 12.8. The Bertz CT molecular complexity index is 1370. The summed E-state index contributed by atoms with van der Waals surface area (Å²) in [5.41, 5.74) is 0.534. The maximum Gasteiger partial charge on any atom is 0.343 e. The number of non-ortho nitro benzene ring substituents is 1. The van der Waals surface area contributed by atoms with Gasteiger partial charge < -0.3 is 14.2 Å².